The highest BCUT2D eigenvalue weighted by Gasteiger charge is 2.16. The first kappa shape index (κ1) is 16.5. The van der Waals surface area contributed by atoms with Gasteiger partial charge >= 0.3 is 0 Å². The van der Waals surface area contributed by atoms with Crippen molar-refractivity contribution in [2.75, 3.05) is 10.7 Å². The van der Waals surface area contributed by atoms with E-state index in [1.54, 1.807) is 55.5 Å². The highest BCUT2D eigenvalue weighted by Crippen LogP contribution is 2.20. The van der Waals surface area contributed by atoms with Crippen molar-refractivity contribution in [3.8, 4) is 0 Å². The lowest BCUT2D eigenvalue weighted by Gasteiger charge is -2.07. The van der Waals surface area contributed by atoms with Crippen LogP contribution in [-0.2, 0) is 4.79 Å². The second-order valence-corrected chi connectivity index (χ2v) is 4.96. The van der Waals surface area contributed by atoms with Crippen LogP contribution >= 0.6 is 11.6 Å². The van der Waals surface area contributed by atoms with Crippen LogP contribution in [0, 0.1) is 0 Å². The van der Waals surface area contributed by atoms with E-state index in [2.05, 4.69) is 21.0 Å². The Labute approximate surface area is 138 Å². The molecule has 0 bridgehead atoms. The van der Waals surface area contributed by atoms with Crippen LogP contribution in [0.25, 0.3) is 0 Å². The molecule has 3 N–H and O–H groups in total. The number of nitrogens with one attached hydrogen (secondary N) is 2. The topological polar surface area (TPSA) is 86.1 Å². The van der Waals surface area contributed by atoms with Gasteiger partial charge in [0.15, 0.2) is 5.71 Å². The summed E-state index contributed by atoms with van der Waals surface area (Å²) in [6, 6.07) is 15.9. The van der Waals surface area contributed by atoms with Crippen LogP contribution in [0.2, 0.25) is 5.02 Å². The van der Waals surface area contributed by atoms with Gasteiger partial charge in [0.1, 0.15) is 0 Å². The molecule has 118 valence electrons. The van der Waals surface area contributed by atoms with Crippen LogP contribution < -0.4 is 10.7 Å². The Bertz CT molecular complexity index is 745. The van der Waals surface area contributed by atoms with Crippen molar-refractivity contribution in [3.05, 3.63) is 59.6 Å². The van der Waals surface area contributed by atoms with Crippen molar-refractivity contribution < 1.29 is 10.0 Å². The second-order valence-electron chi connectivity index (χ2n) is 4.56. The molecule has 2 aromatic rings. The number of nitrogens with zero attached hydrogens (tertiary/aromatic N) is 2. The molecule has 2 rings (SSSR count). The molecule has 2 aromatic carbocycles. The molecule has 0 heterocycles. The Hall–Kier alpha value is -2.86. The van der Waals surface area contributed by atoms with Gasteiger partial charge in [-0.1, -0.05) is 47.1 Å². The number of amides is 1. The van der Waals surface area contributed by atoms with Crippen molar-refractivity contribution in [1.29, 1.82) is 0 Å². The van der Waals surface area contributed by atoms with Crippen LogP contribution in [0.15, 0.2) is 64.9 Å². The molecular weight excluding hydrogens is 316 g/mol. The fourth-order valence-corrected chi connectivity index (χ4v) is 1.92. The standard InChI is InChI=1S/C16H15ClN4O2/c1-11(19-20-14-10-6-5-9-13(14)17)15(21-23)16(22)18-12-7-3-2-4-8-12/h2-10,20,23H,1H3,(H,18,22)/b19-11-,21-15-. The minimum Gasteiger partial charge on any atom is -0.410 e. The maximum atomic E-state index is 12.1. The summed E-state index contributed by atoms with van der Waals surface area (Å²) >= 11 is 6.00. The van der Waals surface area contributed by atoms with Crippen molar-refractivity contribution in [1.82, 2.24) is 0 Å². The zero-order valence-corrected chi connectivity index (χ0v) is 13.1. The van der Waals surface area contributed by atoms with Gasteiger partial charge < -0.3 is 10.5 Å². The number of hydrogen-bond acceptors (Lipinski definition) is 5. The van der Waals surface area contributed by atoms with Gasteiger partial charge in [0.05, 0.1) is 16.4 Å². The molecule has 0 aliphatic heterocycles. The fourth-order valence-electron chi connectivity index (χ4n) is 1.74. The number of carbonyl (C=O) groups excluding carboxylic acids is 1. The van der Waals surface area contributed by atoms with Gasteiger partial charge in [-0.25, -0.2) is 0 Å². The molecular formula is C16H15ClN4O2. The van der Waals surface area contributed by atoms with E-state index in [0.717, 1.165) is 0 Å². The first-order chi connectivity index (χ1) is 11.1. The number of halogens is 1. The molecule has 0 spiro atoms. The normalized spacial score (nSPS) is 11.9. The van der Waals surface area contributed by atoms with Gasteiger partial charge in [0.2, 0.25) is 0 Å². The minimum atomic E-state index is -0.569. The Morgan fingerprint density at radius 1 is 1.09 bits per heavy atom. The van der Waals surface area contributed by atoms with Crippen LogP contribution in [0.1, 0.15) is 6.92 Å². The van der Waals surface area contributed by atoms with Gasteiger partial charge in [-0.2, -0.15) is 5.10 Å². The molecule has 0 aromatic heterocycles. The van der Waals surface area contributed by atoms with Crippen molar-refractivity contribution >= 4 is 40.3 Å². The number of benzene rings is 2. The summed E-state index contributed by atoms with van der Waals surface area (Å²) in [5.41, 5.74) is 3.91. The average molecular weight is 331 g/mol. The maximum absolute atomic E-state index is 12.1. The summed E-state index contributed by atoms with van der Waals surface area (Å²) in [5, 5.41) is 19.2. The van der Waals surface area contributed by atoms with Crippen molar-refractivity contribution in [2.45, 2.75) is 6.92 Å². The van der Waals surface area contributed by atoms with E-state index in [4.69, 9.17) is 16.8 Å². The predicted molar refractivity (Wildman–Crippen MR) is 92.5 cm³/mol. The summed E-state index contributed by atoms with van der Waals surface area (Å²) in [6.07, 6.45) is 0. The third kappa shape index (κ3) is 4.55. The zero-order chi connectivity index (χ0) is 16.7. The monoisotopic (exact) mass is 330 g/mol. The summed E-state index contributed by atoms with van der Waals surface area (Å²) in [6.45, 7) is 1.55. The summed E-state index contributed by atoms with van der Waals surface area (Å²) in [4.78, 5) is 12.1. The number of carbonyl (C=O) groups is 1. The van der Waals surface area contributed by atoms with Crippen LogP contribution in [0.5, 0.6) is 0 Å². The Morgan fingerprint density at radius 3 is 2.39 bits per heavy atom. The molecule has 0 aliphatic carbocycles. The third-order valence-corrected chi connectivity index (χ3v) is 3.24. The summed E-state index contributed by atoms with van der Waals surface area (Å²) in [5.74, 6) is -0.569. The van der Waals surface area contributed by atoms with E-state index in [1.807, 2.05) is 6.07 Å². The molecule has 0 aliphatic rings. The maximum Gasteiger partial charge on any atom is 0.279 e. The molecule has 6 nitrogen and oxygen atoms in total. The SMILES string of the molecule is CC(=N/Nc1ccccc1Cl)/C(=N/O)C(=O)Nc1ccccc1. The molecule has 0 saturated heterocycles. The predicted octanol–water partition coefficient (Wildman–Crippen LogP) is 3.60. The fraction of sp³-hybridized carbons (Fsp3) is 0.0625. The molecule has 7 heteroatoms. The van der Waals surface area contributed by atoms with E-state index >= 15 is 0 Å². The van der Waals surface area contributed by atoms with Crippen molar-refractivity contribution in [2.24, 2.45) is 10.3 Å². The Balaban J connectivity index is 2.09. The zero-order valence-electron chi connectivity index (χ0n) is 12.3. The van der Waals surface area contributed by atoms with Crippen LogP contribution in [-0.4, -0.2) is 22.5 Å². The summed E-state index contributed by atoms with van der Waals surface area (Å²) in [7, 11) is 0. The van der Waals surface area contributed by atoms with Gasteiger partial charge in [0, 0.05) is 5.69 Å². The minimum absolute atomic E-state index is 0.201. The number of oxime groups is 1. The van der Waals surface area contributed by atoms with E-state index in [-0.39, 0.29) is 11.4 Å². The number of para-hydroxylation sites is 2. The van der Waals surface area contributed by atoms with Gasteiger partial charge in [-0.15, -0.1) is 0 Å². The number of rotatable bonds is 5. The van der Waals surface area contributed by atoms with Gasteiger partial charge in [-0.3, -0.25) is 10.2 Å². The van der Waals surface area contributed by atoms with Crippen molar-refractivity contribution in [3.63, 3.8) is 0 Å². The van der Waals surface area contributed by atoms with E-state index in [0.29, 0.717) is 16.4 Å². The molecule has 23 heavy (non-hydrogen) atoms. The molecule has 0 fully saturated rings. The lowest BCUT2D eigenvalue weighted by Crippen LogP contribution is -2.29. The number of hydrogen-bond donors (Lipinski definition) is 3. The second kappa shape index (κ2) is 7.95. The first-order valence-electron chi connectivity index (χ1n) is 6.75. The van der Waals surface area contributed by atoms with E-state index in [1.165, 1.54) is 0 Å². The lowest BCUT2D eigenvalue weighted by molar-refractivity contribution is -0.110. The highest BCUT2D eigenvalue weighted by atomic mass is 35.5. The first-order valence-corrected chi connectivity index (χ1v) is 7.13. The van der Waals surface area contributed by atoms with Crippen LogP contribution in [0.3, 0.4) is 0 Å². The summed E-state index contributed by atoms with van der Waals surface area (Å²) < 4.78 is 0. The molecule has 0 saturated carbocycles. The molecule has 1 amide bonds. The Kier molecular flexibility index (Phi) is 5.71. The molecule has 0 radical (unpaired) electrons. The quantitative estimate of drug-likeness (QED) is 0.445. The smallest absolute Gasteiger partial charge is 0.279 e. The molecule has 0 unspecified atom stereocenters. The third-order valence-electron chi connectivity index (χ3n) is 2.91. The highest BCUT2D eigenvalue weighted by molar-refractivity contribution is 6.68. The largest absolute Gasteiger partial charge is 0.410 e. The van der Waals surface area contributed by atoms with E-state index < -0.39 is 5.91 Å². The van der Waals surface area contributed by atoms with Crippen LogP contribution in [0.4, 0.5) is 11.4 Å². The average Bonchev–Trinajstić information content (AvgIpc) is 2.55. The van der Waals surface area contributed by atoms with Gasteiger partial charge in [-0.05, 0) is 31.2 Å². The molecule has 0 atom stereocenters. The van der Waals surface area contributed by atoms with E-state index in [9.17, 15) is 4.79 Å². The Morgan fingerprint density at radius 2 is 1.74 bits per heavy atom. The van der Waals surface area contributed by atoms with Gasteiger partial charge in [0.25, 0.3) is 5.91 Å². The number of anilines is 2. The number of hydrazone groups is 1. The lowest BCUT2D eigenvalue weighted by atomic mass is 10.2.